The second-order valence-corrected chi connectivity index (χ2v) is 5.10. The molecule has 0 saturated carbocycles. The second-order valence-electron chi connectivity index (χ2n) is 5.10. The summed E-state index contributed by atoms with van der Waals surface area (Å²) in [5.41, 5.74) is 6.74. The van der Waals surface area contributed by atoms with Crippen molar-refractivity contribution in [2.75, 3.05) is 13.1 Å². The minimum Gasteiger partial charge on any atom is -0.508 e. The number of benzene rings is 1. The minimum atomic E-state index is -0.629. The Hall–Kier alpha value is -1.55. The number of rotatable bonds is 2. The Morgan fingerprint density at radius 2 is 2.11 bits per heavy atom. The number of amides is 1. The van der Waals surface area contributed by atoms with E-state index >= 15 is 0 Å². The first kappa shape index (κ1) is 12.9. The van der Waals surface area contributed by atoms with E-state index in [1.807, 2.05) is 4.90 Å². The van der Waals surface area contributed by atoms with Crippen molar-refractivity contribution in [1.82, 2.24) is 4.90 Å². The van der Waals surface area contributed by atoms with E-state index in [1.54, 1.807) is 24.3 Å². The zero-order valence-corrected chi connectivity index (χ0v) is 10.7. The summed E-state index contributed by atoms with van der Waals surface area (Å²) in [5.74, 6) is 0.715. The fourth-order valence-electron chi connectivity index (χ4n) is 2.41. The molecule has 2 atom stereocenters. The Bertz CT molecular complexity index is 416. The molecule has 1 aromatic carbocycles. The lowest BCUT2D eigenvalue weighted by Crippen LogP contribution is -2.43. The van der Waals surface area contributed by atoms with Crippen molar-refractivity contribution in [2.45, 2.75) is 25.8 Å². The van der Waals surface area contributed by atoms with Crippen LogP contribution in [0.3, 0.4) is 0 Å². The fraction of sp³-hybridized carbons (Fsp3) is 0.500. The molecule has 1 fully saturated rings. The van der Waals surface area contributed by atoms with Gasteiger partial charge in [-0.3, -0.25) is 4.79 Å². The number of phenols is 1. The third kappa shape index (κ3) is 2.82. The van der Waals surface area contributed by atoms with Gasteiger partial charge in [0.15, 0.2) is 0 Å². The van der Waals surface area contributed by atoms with Gasteiger partial charge in [0.05, 0.1) is 0 Å². The number of hydrogen-bond donors (Lipinski definition) is 2. The Balaban J connectivity index is 2.06. The van der Waals surface area contributed by atoms with Gasteiger partial charge in [-0.1, -0.05) is 19.1 Å². The van der Waals surface area contributed by atoms with Crippen LogP contribution in [-0.4, -0.2) is 29.0 Å². The lowest BCUT2D eigenvalue weighted by molar-refractivity contribution is -0.134. The summed E-state index contributed by atoms with van der Waals surface area (Å²) in [7, 11) is 0. The number of aromatic hydroxyl groups is 1. The summed E-state index contributed by atoms with van der Waals surface area (Å²) < 4.78 is 0. The highest BCUT2D eigenvalue weighted by atomic mass is 16.3. The van der Waals surface area contributed by atoms with Crippen molar-refractivity contribution >= 4 is 5.91 Å². The summed E-state index contributed by atoms with van der Waals surface area (Å²) in [6, 6.07) is 5.88. The molecule has 1 aliphatic rings. The molecule has 0 radical (unpaired) electrons. The van der Waals surface area contributed by atoms with E-state index in [4.69, 9.17) is 5.73 Å². The summed E-state index contributed by atoms with van der Waals surface area (Å²) >= 11 is 0. The van der Waals surface area contributed by atoms with Gasteiger partial charge < -0.3 is 15.7 Å². The van der Waals surface area contributed by atoms with Crippen molar-refractivity contribution in [3.05, 3.63) is 29.8 Å². The van der Waals surface area contributed by atoms with E-state index in [2.05, 4.69) is 6.92 Å². The molecule has 1 heterocycles. The molecule has 1 amide bonds. The van der Waals surface area contributed by atoms with Crippen molar-refractivity contribution in [3.63, 3.8) is 0 Å². The monoisotopic (exact) mass is 248 g/mol. The summed E-state index contributed by atoms with van der Waals surface area (Å²) in [5, 5.41) is 9.22. The number of nitrogens with two attached hydrogens (primary N) is 1. The molecule has 1 saturated heterocycles. The van der Waals surface area contributed by atoms with Gasteiger partial charge in [-0.05, 0) is 36.5 Å². The van der Waals surface area contributed by atoms with Gasteiger partial charge in [0, 0.05) is 13.1 Å². The molecule has 0 aliphatic carbocycles. The molecule has 98 valence electrons. The second kappa shape index (κ2) is 5.40. The average molecular weight is 248 g/mol. The lowest BCUT2D eigenvalue weighted by atomic mass is 9.98. The van der Waals surface area contributed by atoms with E-state index < -0.39 is 6.04 Å². The van der Waals surface area contributed by atoms with E-state index in [0.717, 1.165) is 25.1 Å². The molecule has 3 N–H and O–H groups in total. The Kier molecular flexibility index (Phi) is 3.87. The highest BCUT2D eigenvalue weighted by molar-refractivity contribution is 5.83. The molecular formula is C14H20N2O2. The fourth-order valence-corrected chi connectivity index (χ4v) is 2.41. The van der Waals surface area contributed by atoms with E-state index in [-0.39, 0.29) is 11.7 Å². The SMILES string of the molecule is CC1CCCN(C(=O)C(N)c2ccc(O)cc2)C1. The van der Waals surface area contributed by atoms with Crippen LogP contribution in [0.5, 0.6) is 5.75 Å². The first-order chi connectivity index (χ1) is 8.58. The van der Waals surface area contributed by atoms with Gasteiger partial charge in [0.1, 0.15) is 11.8 Å². The maximum absolute atomic E-state index is 12.3. The van der Waals surface area contributed by atoms with Gasteiger partial charge in [0.2, 0.25) is 5.91 Å². The number of phenolic OH excluding ortho intramolecular Hbond substituents is 1. The number of hydrogen-bond acceptors (Lipinski definition) is 3. The molecule has 0 aromatic heterocycles. The Morgan fingerprint density at radius 1 is 1.44 bits per heavy atom. The zero-order valence-electron chi connectivity index (χ0n) is 10.7. The summed E-state index contributed by atoms with van der Waals surface area (Å²) in [6.45, 7) is 3.76. The molecule has 0 bridgehead atoms. The van der Waals surface area contributed by atoms with Crippen molar-refractivity contribution in [3.8, 4) is 5.75 Å². The zero-order chi connectivity index (χ0) is 13.1. The molecule has 1 aliphatic heterocycles. The lowest BCUT2D eigenvalue weighted by Gasteiger charge is -2.32. The minimum absolute atomic E-state index is 0.0211. The molecule has 1 aromatic rings. The van der Waals surface area contributed by atoms with Crippen molar-refractivity contribution in [1.29, 1.82) is 0 Å². The number of likely N-dealkylation sites (tertiary alicyclic amines) is 1. The number of carbonyl (C=O) groups excluding carboxylic acids is 1. The summed E-state index contributed by atoms with van der Waals surface area (Å²) in [6.07, 6.45) is 2.23. The molecular weight excluding hydrogens is 228 g/mol. The van der Waals surface area contributed by atoms with Gasteiger partial charge in [-0.15, -0.1) is 0 Å². The first-order valence-electron chi connectivity index (χ1n) is 6.41. The number of nitrogens with zero attached hydrogens (tertiary/aromatic N) is 1. The molecule has 4 heteroatoms. The maximum Gasteiger partial charge on any atom is 0.244 e. The standard InChI is InChI=1S/C14H20N2O2/c1-10-3-2-8-16(9-10)14(18)13(15)11-4-6-12(17)7-5-11/h4-7,10,13,17H,2-3,8-9,15H2,1H3. The van der Waals surface area contributed by atoms with Crippen LogP contribution in [0.2, 0.25) is 0 Å². The van der Waals surface area contributed by atoms with Gasteiger partial charge >= 0.3 is 0 Å². The smallest absolute Gasteiger partial charge is 0.244 e. The molecule has 18 heavy (non-hydrogen) atoms. The molecule has 4 nitrogen and oxygen atoms in total. The van der Waals surface area contributed by atoms with Crippen LogP contribution in [-0.2, 0) is 4.79 Å². The number of carbonyl (C=O) groups is 1. The van der Waals surface area contributed by atoms with Crippen LogP contribution in [0.4, 0.5) is 0 Å². The summed E-state index contributed by atoms with van der Waals surface area (Å²) in [4.78, 5) is 14.1. The largest absolute Gasteiger partial charge is 0.508 e. The highest BCUT2D eigenvalue weighted by Gasteiger charge is 2.26. The third-order valence-corrected chi connectivity index (χ3v) is 3.49. The predicted octanol–water partition coefficient (Wildman–Crippen LogP) is 1.65. The number of piperidine rings is 1. The van der Waals surface area contributed by atoms with Gasteiger partial charge in [-0.25, -0.2) is 0 Å². The van der Waals surface area contributed by atoms with Crippen LogP contribution in [0.1, 0.15) is 31.4 Å². The molecule has 0 spiro atoms. The van der Waals surface area contributed by atoms with Crippen molar-refractivity contribution in [2.24, 2.45) is 11.7 Å². The average Bonchev–Trinajstić information content (AvgIpc) is 2.38. The quantitative estimate of drug-likeness (QED) is 0.836. The normalized spacial score (nSPS) is 21.7. The van der Waals surface area contributed by atoms with Gasteiger partial charge in [0.25, 0.3) is 0 Å². The molecule has 2 unspecified atom stereocenters. The van der Waals surface area contributed by atoms with Crippen LogP contribution in [0, 0.1) is 5.92 Å². The highest BCUT2D eigenvalue weighted by Crippen LogP contribution is 2.21. The first-order valence-corrected chi connectivity index (χ1v) is 6.41. The predicted molar refractivity (Wildman–Crippen MR) is 70.0 cm³/mol. The van der Waals surface area contributed by atoms with Crippen LogP contribution < -0.4 is 5.73 Å². The van der Waals surface area contributed by atoms with Gasteiger partial charge in [-0.2, -0.15) is 0 Å². The molecule has 2 rings (SSSR count). The van der Waals surface area contributed by atoms with E-state index in [9.17, 15) is 9.90 Å². The maximum atomic E-state index is 12.3. The van der Waals surface area contributed by atoms with Crippen LogP contribution in [0.25, 0.3) is 0 Å². The Morgan fingerprint density at radius 3 is 2.72 bits per heavy atom. The Labute approximate surface area is 107 Å². The van der Waals surface area contributed by atoms with E-state index in [1.165, 1.54) is 6.42 Å². The van der Waals surface area contributed by atoms with Crippen molar-refractivity contribution < 1.29 is 9.90 Å². The van der Waals surface area contributed by atoms with E-state index in [0.29, 0.717) is 5.92 Å². The van der Waals surface area contributed by atoms with Crippen LogP contribution in [0.15, 0.2) is 24.3 Å². The topological polar surface area (TPSA) is 66.6 Å². The van der Waals surface area contributed by atoms with Crippen LogP contribution >= 0.6 is 0 Å². The third-order valence-electron chi connectivity index (χ3n) is 3.49.